The van der Waals surface area contributed by atoms with E-state index >= 15 is 0 Å². The second kappa shape index (κ2) is 8.55. The van der Waals surface area contributed by atoms with Gasteiger partial charge in [-0.25, -0.2) is 0 Å². The van der Waals surface area contributed by atoms with Gasteiger partial charge in [0.2, 0.25) is 0 Å². The normalized spacial score (nSPS) is 20.1. The molecular weight excluding hydrogens is 258 g/mol. The minimum Gasteiger partial charge on any atom is -0.378 e. The van der Waals surface area contributed by atoms with Gasteiger partial charge in [-0.2, -0.15) is 0 Å². The van der Waals surface area contributed by atoms with E-state index in [-0.39, 0.29) is 0 Å². The van der Waals surface area contributed by atoms with E-state index in [0.717, 1.165) is 13.2 Å². The number of benzene rings is 1. The molecule has 0 saturated carbocycles. The maximum atomic E-state index is 5.78. The lowest BCUT2D eigenvalue weighted by atomic mass is 9.92. The molecule has 2 nitrogen and oxygen atoms in total. The molecule has 2 rings (SSSR count). The Hall–Kier alpha value is -0.860. The number of rotatable bonds is 8. The summed E-state index contributed by atoms with van der Waals surface area (Å²) in [5.41, 5.74) is 2.83. The summed E-state index contributed by atoms with van der Waals surface area (Å²) >= 11 is 0. The van der Waals surface area contributed by atoms with E-state index in [1.165, 1.54) is 43.2 Å². The maximum Gasteiger partial charge on any atom is 0.0576 e. The molecule has 1 aromatic rings. The van der Waals surface area contributed by atoms with Crippen LogP contribution in [-0.4, -0.2) is 25.3 Å². The van der Waals surface area contributed by atoms with Crippen LogP contribution >= 0.6 is 0 Å². The Morgan fingerprint density at radius 2 is 2.19 bits per heavy atom. The Kier molecular flexibility index (Phi) is 6.72. The van der Waals surface area contributed by atoms with Crippen LogP contribution in [0.25, 0.3) is 0 Å². The highest BCUT2D eigenvalue weighted by atomic mass is 16.5. The average Bonchev–Trinajstić information content (AvgIpc) is 2.95. The average molecular weight is 289 g/mol. The van der Waals surface area contributed by atoms with E-state index in [9.17, 15) is 0 Å². The number of aryl methyl sites for hydroxylation is 1. The molecule has 0 bridgehead atoms. The Labute approximate surface area is 130 Å². The summed E-state index contributed by atoms with van der Waals surface area (Å²) < 4.78 is 5.78. The summed E-state index contributed by atoms with van der Waals surface area (Å²) in [7, 11) is 0. The molecule has 1 fully saturated rings. The van der Waals surface area contributed by atoms with Crippen molar-refractivity contribution in [3.05, 3.63) is 35.4 Å². The Bertz CT molecular complexity index is 410. The predicted molar refractivity (Wildman–Crippen MR) is 89.7 cm³/mol. The van der Waals surface area contributed by atoms with Crippen molar-refractivity contribution in [3.63, 3.8) is 0 Å². The quantitative estimate of drug-likeness (QED) is 0.777. The molecule has 21 heavy (non-hydrogen) atoms. The number of ether oxygens (including phenoxy) is 1. The summed E-state index contributed by atoms with van der Waals surface area (Å²) in [6.07, 6.45) is 6.68. The van der Waals surface area contributed by atoms with Crippen LogP contribution in [0.5, 0.6) is 0 Å². The molecule has 1 aliphatic rings. The van der Waals surface area contributed by atoms with Gasteiger partial charge < -0.3 is 10.1 Å². The first-order valence-corrected chi connectivity index (χ1v) is 8.54. The number of nitrogens with one attached hydrogen (secondary N) is 1. The second-order valence-electron chi connectivity index (χ2n) is 6.83. The summed E-state index contributed by atoms with van der Waals surface area (Å²) in [5.74, 6) is 0.707. The lowest BCUT2D eigenvalue weighted by molar-refractivity contribution is 0.0978. The van der Waals surface area contributed by atoms with Crippen molar-refractivity contribution in [3.8, 4) is 0 Å². The van der Waals surface area contributed by atoms with E-state index in [0.29, 0.717) is 18.1 Å². The largest absolute Gasteiger partial charge is 0.378 e. The molecule has 1 N–H and O–H groups in total. The van der Waals surface area contributed by atoms with Crippen LogP contribution in [0.1, 0.15) is 50.7 Å². The van der Waals surface area contributed by atoms with E-state index in [1.54, 1.807) is 0 Å². The van der Waals surface area contributed by atoms with E-state index in [1.807, 2.05) is 0 Å². The van der Waals surface area contributed by atoms with E-state index in [4.69, 9.17) is 4.74 Å². The lowest BCUT2D eigenvalue weighted by Gasteiger charge is -2.21. The van der Waals surface area contributed by atoms with Crippen molar-refractivity contribution < 1.29 is 4.74 Å². The van der Waals surface area contributed by atoms with E-state index < -0.39 is 0 Å². The van der Waals surface area contributed by atoms with Crippen LogP contribution in [-0.2, 0) is 11.2 Å². The third-order valence-electron chi connectivity index (χ3n) is 4.34. The van der Waals surface area contributed by atoms with Crippen LogP contribution in [0.3, 0.4) is 0 Å². The van der Waals surface area contributed by atoms with Crippen LogP contribution < -0.4 is 5.32 Å². The molecule has 0 radical (unpaired) electrons. The van der Waals surface area contributed by atoms with Gasteiger partial charge in [-0.1, -0.05) is 43.7 Å². The highest BCUT2D eigenvalue weighted by molar-refractivity contribution is 5.22. The monoisotopic (exact) mass is 289 g/mol. The smallest absolute Gasteiger partial charge is 0.0576 e. The summed E-state index contributed by atoms with van der Waals surface area (Å²) in [6.45, 7) is 8.71. The zero-order valence-corrected chi connectivity index (χ0v) is 13.9. The predicted octanol–water partition coefficient (Wildman–Crippen LogP) is 4.11. The summed E-state index contributed by atoms with van der Waals surface area (Å²) in [5, 5.41) is 3.62. The molecule has 2 unspecified atom stereocenters. The summed E-state index contributed by atoms with van der Waals surface area (Å²) in [4.78, 5) is 0. The zero-order valence-electron chi connectivity index (χ0n) is 13.9. The third kappa shape index (κ3) is 6.19. The molecule has 1 aliphatic heterocycles. The highest BCUT2D eigenvalue weighted by Crippen LogP contribution is 2.22. The van der Waals surface area contributed by atoms with Gasteiger partial charge in [0.25, 0.3) is 0 Å². The third-order valence-corrected chi connectivity index (χ3v) is 4.34. The standard InChI is InChI=1S/C19H31NO/c1-15(2)20-14-18(9-10-19-8-5-11-21-19)13-17-7-4-6-16(3)12-17/h4,6-7,12,15,18-20H,5,8-11,13-14H2,1-3H3. The second-order valence-corrected chi connectivity index (χ2v) is 6.83. The van der Waals surface area contributed by atoms with Crippen molar-refractivity contribution >= 4 is 0 Å². The van der Waals surface area contributed by atoms with Crippen molar-refractivity contribution in [1.29, 1.82) is 0 Å². The first kappa shape index (κ1) is 16.5. The molecule has 1 saturated heterocycles. The van der Waals surface area contributed by atoms with Gasteiger partial charge in [0.15, 0.2) is 0 Å². The minimum atomic E-state index is 0.518. The first-order chi connectivity index (χ1) is 10.1. The molecule has 118 valence electrons. The number of hydrogen-bond donors (Lipinski definition) is 1. The SMILES string of the molecule is Cc1cccc(CC(CCC2CCCO2)CNC(C)C)c1. The minimum absolute atomic E-state index is 0.518. The molecule has 0 aliphatic carbocycles. The first-order valence-electron chi connectivity index (χ1n) is 8.54. The molecule has 2 heteroatoms. The van der Waals surface area contributed by atoms with Crippen LogP contribution in [0.15, 0.2) is 24.3 Å². The van der Waals surface area contributed by atoms with Crippen LogP contribution in [0.4, 0.5) is 0 Å². The Morgan fingerprint density at radius 3 is 2.86 bits per heavy atom. The van der Waals surface area contributed by atoms with Crippen LogP contribution in [0, 0.1) is 12.8 Å². The highest BCUT2D eigenvalue weighted by Gasteiger charge is 2.18. The fourth-order valence-corrected chi connectivity index (χ4v) is 3.14. The van der Waals surface area contributed by atoms with Crippen molar-refractivity contribution in [2.24, 2.45) is 5.92 Å². The molecule has 1 heterocycles. The topological polar surface area (TPSA) is 21.3 Å². The van der Waals surface area contributed by atoms with Crippen molar-refractivity contribution in [2.75, 3.05) is 13.2 Å². The van der Waals surface area contributed by atoms with Crippen molar-refractivity contribution in [2.45, 2.75) is 65.0 Å². The number of hydrogen-bond acceptors (Lipinski definition) is 2. The maximum absolute atomic E-state index is 5.78. The Balaban J connectivity index is 1.87. The molecular formula is C19H31NO. The van der Waals surface area contributed by atoms with Gasteiger partial charge in [-0.05, 0) is 57.1 Å². The van der Waals surface area contributed by atoms with Gasteiger partial charge in [0, 0.05) is 12.6 Å². The van der Waals surface area contributed by atoms with Gasteiger partial charge in [0.1, 0.15) is 0 Å². The lowest BCUT2D eigenvalue weighted by Crippen LogP contribution is -2.30. The van der Waals surface area contributed by atoms with Crippen LogP contribution in [0.2, 0.25) is 0 Å². The zero-order chi connectivity index (χ0) is 15.1. The van der Waals surface area contributed by atoms with Gasteiger partial charge in [-0.15, -0.1) is 0 Å². The molecule has 0 aromatic heterocycles. The molecule has 2 atom stereocenters. The van der Waals surface area contributed by atoms with Crippen molar-refractivity contribution in [1.82, 2.24) is 5.32 Å². The van der Waals surface area contributed by atoms with E-state index in [2.05, 4.69) is 50.4 Å². The van der Waals surface area contributed by atoms with Gasteiger partial charge in [0.05, 0.1) is 6.10 Å². The fraction of sp³-hybridized carbons (Fsp3) is 0.684. The molecule has 1 aromatic carbocycles. The van der Waals surface area contributed by atoms with Gasteiger partial charge >= 0.3 is 0 Å². The molecule has 0 spiro atoms. The summed E-state index contributed by atoms with van der Waals surface area (Å²) in [6, 6.07) is 9.51. The Morgan fingerprint density at radius 1 is 1.33 bits per heavy atom. The fourth-order valence-electron chi connectivity index (χ4n) is 3.14. The van der Waals surface area contributed by atoms with Gasteiger partial charge in [-0.3, -0.25) is 0 Å². The molecule has 0 amide bonds.